The molecule has 2 rings (SSSR count). The molecule has 0 bridgehead atoms. The number of aliphatic imine (C=N–C) groups is 1. The highest BCUT2D eigenvalue weighted by Gasteiger charge is 2.27. The second-order valence-electron chi connectivity index (χ2n) is 6.45. The van der Waals surface area contributed by atoms with Gasteiger partial charge in [0, 0.05) is 39.8 Å². The third kappa shape index (κ3) is 7.12. The molecule has 28 heavy (non-hydrogen) atoms. The summed E-state index contributed by atoms with van der Waals surface area (Å²) in [4.78, 5) is 4.23. The van der Waals surface area contributed by atoms with Crippen LogP contribution in [0.25, 0.3) is 0 Å². The molecular weight excluding hydrogens is 498 g/mol. The number of guanidine groups is 1. The monoisotopic (exact) mass is 528 g/mol. The van der Waals surface area contributed by atoms with E-state index in [9.17, 15) is 12.8 Å². The summed E-state index contributed by atoms with van der Waals surface area (Å²) in [6.07, 6.45) is 1.22. The minimum absolute atomic E-state index is 0. The molecule has 1 aliphatic heterocycles. The molecule has 0 saturated carbocycles. The van der Waals surface area contributed by atoms with Gasteiger partial charge in [-0.25, -0.2) is 17.1 Å². The van der Waals surface area contributed by atoms with Crippen molar-refractivity contribution in [3.05, 3.63) is 35.6 Å². The van der Waals surface area contributed by atoms with E-state index in [0.717, 1.165) is 18.4 Å². The van der Waals surface area contributed by atoms with Crippen molar-refractivity contribution in [1.29, 1.82) is 0 Å². The lowest BCUT2D eigenvalue weighted by Crippen LogP contribution is -2.50. The molecule has 1 aromatic carbocycles. The average molecular weight is 528 g/mol. The molecule has 160 valence electrons. The number of hydrogen-bond donors (Lipinski definition) is 2. The van der Waals surface area contributed by atoms with E-state index in [0.29, 0.717) is 25.6 Å². The van der Waals surface area contributed by atoms with E-state index < -0.39 is 10.0 Å². The molecule has 0 radical (unpaired) electrons. The fraction of sp³-hybridized carbons (Fsp3) is 0.611. The number of rotatable bonds is 7. The highest BCUT2D eigenvalue weighted by atomic mass is 127. The first-order valence-electron chi connectivity index (χ1n) is 9.12. The van der Waals surface area contributed by atoms with Gasteiger partial charge >= 0.3 is 0 Å². The van der Waals surface area contributed by atoms with Crippen LogP contribution in [0.15, 0.2) is 29.3 Å². The zero-order valence-corrected chi connectivity index (χ0v) is 19.7. The number of halogens is 2. The molecule has 1 heterocycles. The van der Waals surface area contributed by atoms with Crippen LogP contribution in [0, 0.1) is 5.82 Å². The Kier molecular flexibility index (Phi) is 10.6. The molecule has 1 fully saturated rings. The van der Waals surface area contributed by atoms with Crippen molar-refractivity contribution in [1.82, 2.24) is 14.9 Å². The summed E-state index contributed by atoms with van der Waals surface area (Å²) in [5, 5.41) is 6.56. The quantitative estimate of drug-likeness (QED) is 0.322. The summed E-state index contributed by atoms with van der Waals surface area (Å²) in [7, 11) is 0.172. The molecule has 0 spiro atoms. The number of methoxy groups -OCH3 is 1. The molecular formula is C18H30FIN4O3S. The first-order chi connectivity index (χ1) is 12.9. The van der Waals surface area contributed by atoms with Crippen molar-refractivity contribution in [2.24, 2.45) is 4.99 Å². The minimum atomic E-state index is -3.12. The van der Waals surface area contributed by atoms with Crippen molar-refractivity contribution in [2.75, 3.05) is 39.5 Å². The minimum Gasteiger partial charge on any atom is -0.375 e. The maximum atomic E-state index is 13.1. The lowest BCUT2D eigenvalue weighted by Gasteiger charge is -2.32. The van der Waals surface area contributed by atoms with Crippen LogP contribution < -0.4 is 10.6 Å². The SMILES string of the molecule is CCS(=O)(=O)N1CCC(NC(=NC)NCC(OC)c2ccc(F)cc2)CC1.I. The van der Waals surface area contributed by atoms with Gasteiger partial charge < -0.3 is 15.4 Å². The Hall–Kier alpha value is -0.980. The molecule has 1 aliphatic rings. The molecule has 2 N–H and O–H groups in total. The van der Waals surface area contributed by atoms with Gasteiger partial charge in [-0.15, -0.1) is 24.0 Å². The van der Waals surface area contributed by atoms with Crippen LogP contribution in [-0.2, 0) is 14.8 Å². The normalized spacial score (nSPS) is 17.6. The van der Waals surface area contributed by atoms with Gasteiger partial charge in [-0.05, 0) is 37.5 Å². The van der Waals surface area contributed by atoms with Gasteiger partial charge in [0.2, 0.25) is 10.0 Å². The third-order valence-electron chi connectivity index (χ3n) is 4.76. The second kappa shape index (κ2) is 11.9. The number of nitrogens with zero attached hydrogens (tertiary/aromatic N) is 2. The summed E-state index contributed by atoms with van der Waals surface area (Å²) in [5.74, 6) is 0.488. The molecule has 1 unspecified atom stereocenters. The van der Waals surface area contributed by atoms with Crippen molar-refractivity contribution in [3.8, 4) is 0 Å². The number of sulfonamides is 1. The molecule has 7 nitrogen and oxygen atoms in total. The van der Waals surface area contributed by atoms with E-state index in [2.05, 4.69) is 15.6 Å². The molecule has 1 atom stereocenters. The molecule has 0 amide bonds. The Balaban J connectivity index is 0.00000392. The van der Waals surface area contributed by atoms with Crippen molar-refractivity contribution in [2.45, 2.75) is 31.9 Å². The van der Waals surface area contributed by atoms with Crippen LogP contribution in [-0.4, -0.2) is 64.3 Å². The summed E-state index contributed by atoms with van der Waals surface area (Å²) in [6.45, 7) is 3.17. The number of hydrogen-bond acceptors (Lipinski definition) is 4. The van der Waals surface area contributed by atoms with Crippen molar-refractivity contribution >= 4 is 40.0 Å². The number of piperidine rings is 1. The van der Waals surface area contributed by atoms with Crippen LogP contribution in [0.3, 0.4) is 0 Å². The van der Waals surface area contributed by atoms with E-state index in [-0.39, 0.29) is 47.7 Å². The second-order valence-corrected chi connectivity index (χ2v) is 8.70. The lowest BCUT2D eigenvalue weighted by molar-refractivity contribution is 0.106. The largest absolute Gasteiger partial charge is 0.375 e. The van der Waals surface area contributed by atoms with Crippen LogP contribution in [0.2, 0.25) is 0 Å². The fourth-order valence-electron chi connectivity index (χ4n) is 3.05. The smallest absolute Gasteiger partial charge is 0.213 e. The number of benzene rings is 1. The molecule has 0 aliphatic carbocycles. The van der Waals surface area contributed by atoms with Gasteiger partial charge in [-0.1, -0.05) is 12.1 Å². The van der Waals surface area contributed by atoms with E-state index in [4.69, 9.17) is 4.74 Å². The highest BCUT2D eigenvalue weighted by Crippen LogP contribution is 2.17. The summed E-state index contributed by atoms with van der Waals surface area (Å²) < 4.78 is 44.0. The summed E-state index contributed by atoms with van der Waals surface area (Å²) in [5.41, 5.74) is 0.875. The topological polar surface area (TPSA) is 83.0 Å². The van der Waals surface area contributed by atoms with Gasteiger partial charge in [0.25, 0.3) is 0 Å². The molecule has 0 aromatic heterocycles. The van der Waals surface area contributed by atoms with Gasteiger partial charge in [0.1, 0.15) is 5.82 Å². The Bertz CT molecular complexity index is 723. The highest BCUT2D eigenvalue weighted by molar-refractivity contribution is 14.0. The van der Waals surface area contributed by atoms with Gasteiger partial charge in [-0.2, -0.15) is 0 Å². The maximum absolute atomic E-state index is 13.1. The maximum Gasteiger partial charge on any atom is 0.213 e. The van der Waals surface area contributed by atoms with Crippen LogP contribution in [0.5, 0.6) is 0 Å². The molecule has 1 aromatic rings. The fourth-order valence-corrected chi connectivity index (χ4v) is 4.19. The Labute approximate surface area is 184 Å². The average Bonchev–Trinajstić information content (AvgIpc) is 2.69. The summed E-state index contributed by atoms with van der Waals surface area (Å²) in [6, 6.07) is 6.38. The molecule has 1 saturated heterocycles. The Morgan fingerprint density at radius 3 is 2.43 bits per heavy atom. The van der Waals surface area contributed by atoms with E-state index >= 15 is 0 Å². The van der Waals surface area contributed by atoms with Crippen LogP contribution in [0.1, 0.15) is 31.4 Å². The number of nitrogens with one attached hydrogen (secondary N) is 2. The van der Waals surface area contributed by atoms with Gasteiger partial charge in [-0.3, -0.25) is 4.99 Å². The zero-order chi connectivity index (χ0) is 19.9. The first-order valence-corrected chi connectivity index (χ1v) is 10.7. The Morgan fingerprint density at radius 1 is 1.32 bits per heavy atom. The third-order valence-corrected chi connectivity index (χ3v) is 6.64. The van der Waals surface area contributed by atoms with E-state index in [1.165, 1.54) is 12.1 Å². The first kappa shape index (κ1) is 25.1. The molecule has 10 heteroatoms. The zero-order valence-electron chi connectivity index (χ0n) is 16.5. The number of ether oxygens (including phenoxy) is 1. The van der Waals surface area contributed by atoms with E-state index in [1.807, 2.05) is 0 Å². The van der Waals surface area contributed by atoms with Crippen LogP contribution >= 0.6 is 24.0 Å². The predicted molar refractivity (Wildman–Crippen MR) is 120 cm³/mol. The van der Waals surface area contributed by atoms with Crippen molar-refractivity contribution < 1.29 is 17.5 Å². The van der Waals surface area contributed by atoms with Gasteiger partial charge in [0.05, 0.1) is 11.9 Å². The predicted octanol–water partition coefficient (Wildman–Crippen LogP) is 2.11. The Morgan fingerprint density at radius 2 is 1.93 bits per heavy atom. The van der Waals surface area contributed by atoms with Crippen molar-refractivity contribution in [3.63, 3.8) is 0 Å². The van der Waals surface area contributed by atoms with Crippen LogP contribution in [0.4, 0.5) is 4.39 Å². The van der Waals surface area contributed by atoms with E-state index in [1.54, 1.807) is 37.5 Å². The van der Waals surface area contributed by atoms with Gasteiger partial charge in [0.15, 0.2) is 5.96 Å². The standard InChI is InChI=1S/C18H29FN4O3S.HI/c1-4-27(24,25)23-11-9-16(10-12-23)22-18(20-2)21-13-17(26-3)14-5-7-15(19)8-6-14;/h5-8,16-17H,4,9-13H2,1-3H3,(H2,20,21,22);1H. The summed E-state index contributed by atoms with van der Waals surface area (Å²) >= 11 is 0. The lowest BCUT2D eigenvalue weighted by atomic mass is 10.1.